The van der Waals surface area contributed by atoms with Crippen LogP contribution in [0.4, 0.5) is 5.69 Å². The van der Waals surface area contributed by atoms with Crippen LogP contribution in [-0.4, -0.2) is 35.5 Å². The molecule has 2 N–H and O–H groups in total. The van der Waals surface area contributed by atoms with E-state index in [1.54, 1.807) is 18.2 Å². The number of carbonyl (C=O) groups is 2. The number of ether oxygens (including phenoxy) is 1. The average Bonchev–Trinajstić information content (AvgIpc) is 3.11. The van der Waals surface area contributed by atoms with Gasteiger partial charge in [0.15, 0.2) is 5.11 Å². The lowest BCUT2D eigenvalue weighted by molar-refractivity contribution is -0.128. The summed E-state index contributed by atoms with van der Waals surface area (Å²) in [6.45, 7) is 1.98. The van der Waals surface area contributed by atoms with Crippen LogP contribution in [0.1, 0.15) is 34.3 Å². The quantitative estimate of drug-likeness (QED) is 0.577. The highest BCUT2D eigenvalue weighted by atomic mass is 32.1. The molecule has 0 bridgehead atoms. The first-order valence-electron chi connectivity index (χ1n) is 9.14. The molecule has 0 saturated carbocycles. The summed E-state index contributed by atoms with van der Waals surface area (Å²) in [6.07, 6.45) is 1.57. The van der Waals surface area contributed by atoms with Crippen molar-refractivity contribution >= 4 is 34.9 Å². The first-order chi connectivity index (χ1) is 13.6. The van der Waals surface area contributed by atoms with Gasteiger partial charge in [-0.25, -0.2) is 4.79 Å². The number of nitrogens with zero attached hydrogens (tertiary/aromatic N) is 1. The first-order valence-corrected chi connectivity index (χ1v) is 9.55. The van der Waals surface area contributed by atoms with Gasteiger partial charge in [-0.1, -0.05) is 30.3 Å². The molecule has 0 aromatic heterocycles. The molecule has 1 amide bonds. The lowest BCUT2D eigenvalue weighted by Gasteiger charge is -2.19. The third-order valence-corrected chi connectivity index (χ3v) is 4.88. The Bertz CT molecular complexity index is 885. The number of nitrogens with one attached hydrogen (secondary N) is 2. The Hall–Kier alpha value is -2.93. The highest BCUT2D eigenvalue weighted by Gasteiger charge is 2.20. The second kappa shape index (κ2) is 9.32. The van der Waals surface area contributed by atoms with Crippen LogP contribution in [0.5, 0.6) is 0 Å². The SMILES string of the molecule is COC(=O)c1cccc(NC(=S)NCc2ccccc2CN2CCCC2=O)c1. The number of rotatable bonds is 6. The smallest absolute Gasteiger partial charge is 0.337 e. The summed E-state index contributed by atoms with van der Waals surface area (Å²) < 4.78 is 4.73. The Morgan fingerprint density at radius 2 is 1.96 bits per heavy atom. The molecular formula is C21H23N3O3S. The van der Waals surface area contributed by atoms with E-state index < -0.39 is 5.97 Å². The zero-order valence-electron chi connectivity index (χ0n) is 15.7. The predicted molar refractivity (Wildman–Crippen MR) is 112 cm³/mol. The van der Waals surface area contributed by atoms with Gasteiger partial charge in [0.1, 0.15) is 0 Å². The van der Waals surface area contributed by atoms with E-state index in [9.17, 15) is 9.59 Å². The molecule has 2 aromatic rings. The van der Waals surface area contributed by atoms with Gasteiger partial charge in [0.25, 0.3) is 0 Å². The number of hydrogen-bond acceptors (Lipinski definition) is 4. The van der Waals surface area contributed by atoms with Crippen molar-refractivity contribution in [3.63, 3.8) is 0 Å². The van der Waals surface area contributed by atoms with Crippen LogP contribution >= 0.6 is 12.2 Å². The van der Waals surface area contributed by atoms with Crippen molar-refractivity contribution in [1.82, 2.24) is 10.2 Å². The average molecular weight is 398 g/mol. The minimum Gasteiger partial charge on any atom is -0.465 e. The van der Waals surface area contributed by atoms with Crippen molar-refractivity contribution in [2.45, 2.75) is 25.9 Å². The van der Waals surface area contributed by atoms with Gasteiger partial charge in [0.2, 0.25) is 5.91 Å². The number of carbonyl (C=O) groups excluding carboxylic acids is 2. The Morgan fingerprint density at radius 1 is 1.18 bits per heavy atom. The maximum Gasteiger partial charge on any atom is 0.337 e. The van der Waals surface area contributed by atoms with E-state index in [1.807, 2.05) is 35.2 Å². The minimum atomic E-state index is -0.395. The van der Waals surface area contributed by atoms with E-state index in [0.717, 1.165) is 24.1 Å². The molecule has 1 aliphatic heterocycles. The van der Waals surface area contributed by atoms with Crippen LogP contribution in [0.3, 0.4) is 0 Å². The van der Waals surface area contributed by atoms with Gasteiger partial charge >= 0.3 is 5.97 Å². The Kier molecular flexibility index (Phi) is 6.60. The molecule has 6 nitrogen and oxygen atoms in total. The number of thiocarbonyl (C=S) groups is 1. The van der Waals surface area contributed by atoms with Crippen LogP contribution in [0.15, 0.2) is 48.5 Å². The standard InChI is InChI=1S/C21H23N3O3S/c1-27-20(26)15-8-4-9-18(12-15)23-21(28)22-13-16-6-2-3-7-17(16)14-24-11-5-10-19(24)25/h2-4,6-9,12H,5,10-11,13-14H2,1H3,(H2,22,23,28). The molecule has 0 radical (unpaired) electrons. The Labute approximate surface area is 169 Å². The fourth-order valence-corrected chi connectivity index (χ4v) is 3.34. The van der Waals surface area contributed by atoms with Crippen molar-refractivity contribution in [3.8, 4) is 0 Å². The van der Waals surface area contributed by atoms with E-state index in [0.29, 0.717) is 35.9 Å². The van der Waals surface area contributed by atoms with Crippen molar-refractivity contribution in [2.75, 3.05) is 19.0 Å². The number of amides is 1. The van der Waals surface area contributed by atoms with Crippen LogP contribution in [-0.2, 0) is 22.6 Å². The van der Waals surface area contributed by atoms with Crippen molar-refractivity contribution in [1.29, 1.82) is 0 Å². The van der Waals surface area contributed by atoms with Crippen molar-refractivity contribution in [3.05, 3.63) is 65.2 Å². The first kappa shape index (κ1) is 19.8. The second-order valence-corrected chi connectivity index (χ2v) is 6.98. The molecule has 1 heterocycles. The van der Waals surface area contributed by atoms with E-state index in [1.165, 1.54) is 7.11 Å². The zero-order valence-corrected chi connectivity index (χ0v) is 16.6. The number of hydrogen-bond donors (Lipinski definition) is 2. The van der Waals surface area contributed by atoms with Gasteiger partial charge in [-0.2, -0.15) is 0 Å². The zero-order chi connectivity index (χ0) is 19.9. The summed E-state index contributed by atoms with van der Waals surface area (Å²) in [6, 6.07) is 15.0. The summed E-state index contributed by atoms with van der Waals surface area (Å²) >= 11 is 5.38. The third kappa shape index (κ3) is 5.07. The second-order valence-electron chi connectivity index (χ2n) is 6.57. The van der Waals surface area contributed by atoms with E-state index in [4.69, 9.17) is 17.0 Å². The van der Waals surface area contributed by atoms with Crippen LogP contribution in [0.2, 0.25) is 0 Å². The van der Waals surface area contributed by atoms with E-state index >= 15 is 0 Å². The lowest BCUT2D eigenvalue weighted by Crippen LogP contribution is -2.29. The van der Waals surface area contributed by atoms with Gasteiger partial charge in [-0.05, 0) is 48.0 Å². The molecular weight excluding hydrogens is 374 g/mol. The summed E-state index contributed by atoms with van der Waals surface area (Å²) in [5, 5.41) is 6.72. The number of methoxy groups -OCH3 is 1. The Morgan fingerprint density at radius 3 is 2.68 bits per heavy atom. The highest BCUT2D eigenvalue weighted by molar-refractivity contribution is 7.80. The van der Waals surface area contributed by atoms with Crippen molar-refractivity contribution in [2.24, 2.45) is 0 Å². The number of benzene rings is 2. The molecule has 0 atom stereocenters. The number of anilines is 1. The molecule has 1 aliphatic rings. The molecule has 0 aliphatic carbocycles. The van der Waals surface area contributed by atoms with Crippen LogP contribution in [0.25, 0.3) is 0 Å². The van der Waals surface area contributed by atoms with Gasteiger partial charge in [0, 0.05) is 31.7 Å². The van der Waals surface area contributed by atoms with Crippen LogP contribution in [0, 0.1) is 0 Å². The maximum absolute atomic E-state index is 11.9. The lowest BCUT2D eigenvalue weighted by atomic mass is 10.1. The number of esters is 1. The molecule has 1 saturated heterocycles. The predicted octanol–water partition coefficient (Wildman–Crippen LogP) is 3.08. The highest BCUT2D eigenvalue weighted by Crippen LogP contribution is 2.17. The van der Waals surface area contributed by atoms with Gasteiger partial charge < -0.3 is 20.3 Å². The van der Waals surface area contributed by atoms with Crippen molar-refractivity contribution < 1.29 is 14.3 Å². The molecule has 2 aromatic carbocycles. The molecule has 0 unspecified atom stereocenters. The monoisotopic (exact) mass is 397 g/mol. The van der Waals surface area contributed by atoms with E-state index in [2.05, 4.69) is 10.6 Å². The summed E-state index contributed by atoms with van der Waals surface area (Å²) in [4.78, 5) is 25.4. The largest absolute Gasteiger partial charge is 0.465 e. The fraction of sp³-hybridized carbons (Fsp3) is 0.286. The molecule has 28 heavy (non-hydrogen) atoms. The summed E-state index contributed by atoms with van der Waals surface area (Å²) in [5.41, 5.74) is 3.36. The maximum atomic E-state index is 11.9. The molecule has 1 fully saturated rings. The topological polar surface area (TPSA) is 70.7 Å². The van der Waals surface area contributed by atoms with Gasteiger partial charge in [-0.3, -0.25) is 4.79 Å². The molecule has 3 rings (SSSR count). The molecule has 0 spiro atoms. The summed E-state index contributed by atoms with van der Waals surface area (Å²) in [7, 11) is 1.35. The van der Waals surface area contributed by atoms with Crippen LogP contribution < -0.4 is 10.6 Å². The van der Waals surface area contributed by atoms with Gasteiger partial charge in [0.05, 0.1) is 12.7 Å². The van der Waals surface area contributed by atoms with E-state index in [-0.39, 0.29) is 5.91 Å². The minimum absolute atomic E-state index is 0.213. The fourth-order valence-electron chi connectivity index (χ4n) is 3.15. The number of likely N-dealkylation sites (tertiary alicyclic amines) is 1. The van der Waals surface area contributed by atoms with Gasteiger partial charge in [-0.15, -0.1) is 0 Å². The third-order valence-electron chi connectivity index (χ3n) is 4.63. The summed E-state index contributed by atoms with van der Waals surface area (Å²) in [5.74, 6) is -0.182. The molecule has 146 valence electrons. The molecule has 7 heteroatoms. The Balaban J connectivity index is 1.59. The normalized spacial score (nSPS) is 13.3.